The molecule has 0 amide bonds. The summed E-state index contributed by atoms with van der Waals surface area (Å²) in [6.07, 6.45) is 1.63. The number of aliphatic hydroxyl groups excluding tert-OH is 1. The van der Waals surface area contributed by atoms with Crippen LogP contribution in [0, 0.1) is 0 Å². The Balaban J connectivity index is 1.78. The summed E-state index contributed by atoms with van der Waals surface area (Å²) in [4.78, 5) is 0. The first-order chi connectivity index (χ1) is 9.74. The quantitative estimate of drug-likeness (QED) is 0.779. The summed E-state index contributed by atoms with van der Waals surface area (Å²) < 4.78 is 8.09. The van der Waals surface area contributed by atoms with Crippen molar-refractivity contribution in [2.75, 3.05) is 0 Å². The fraction of sp³-hybridized carbons (Fsp3) is 0.167. The van der Waals surface area contributed by atoms with Gasteiger partial charge in [0.1, 0.15) is 12.2 Å². The van der Waals surface area contributed by atoms with Crippen molar-refractivity contribution in [3.63, 3.8) is 0 Å². The monoisotopic (exact) mass is 335 g/mol. The van der Waals surface area contributed by atoms with Gasteiger partial charge in [-0.3, -0.25) is 0 Å². The standard InChI is InChI=1S/C12H10BrN5O2/c13-9-3-1-8(2-4-9)12-16-15-11(20-12)6-18-5-10(7-19)14-17-18/h1-5,19H,6-7H2. The zero-order valence-corrected chi connectivity index (χ0v) is 11.9. The first-order valence-corrected chi connectivity index (χ1v) is 6.62. The Morgan fingerprint density at radius 3 is 2.65 bits per heavy atom. The molecular formula is C12H10BrN5O2. The number of aromatic nitrogens is 5. The van der Waals surface area contributed by atoms with Crippen molar-refractivity contribution in [1.82, 2.24) is 25.2 Å². The molecule has 1 N–H and O–H groups in total. The van der Waals surface area contributed by atoms with Crippen molar-refractivity contribution in [2.24, 2.45) is 0 Å². The fourth-order valence-corrected chi connectivity index (χ4v) is 1.92. The van der Waals surface area contributed by atoms with Gasteiger partial charge in [-0.05, 0) is 24.3 Å². The van der Waals surface area contributed by atoms with Crippen LogP contribution in [0.2, 0.25) is 0 Å². The highest BCUT2D eigenvalue weighted by atomic mass is 79.9. The molecule has 0 aliphatic carbocycles. The Labute approximate surface area is 122 Å². The molecule has 0 radical (unpaired) electrons. The van der Waals surface area contributed by atoms with Crippen molar-refractivity contribution in [3.05, 3.63) is 46.5 Å². The maximum absolute atomic E-state index is 8.92. The second-order valence-corrected chi connectivity index (χ2v) is 4.99. The van der Waals surface area contributed by atoms with E-state index in [4.69, 9.17) is 9.52 Å². The van der Waals surface area contributed by atoms with E-state index in [1.165, 1.54) is 4.68 Å². The number of halogens is 1. The van der Waals surface area contributed by atoms with Crippen molar-refractivity contribution >= 4 is 15.9 Å². The number of rotatable bonds is 4. The number of aliphatic hydroxyl groups is 1. The van der Waals surface area contributed by atoms with Crippen molar-refractivity contribution in [3.8, 4) is 11.5 Å². The van der Waals surface area contributed by atoms with Crippen LogP contribution in [0.15, 0.2) is 39.4 Å². The Kier molecular flexibility index (Phi) is 3.57. The highest BCUT2D eigenvalue weighted by molar-refractivity contribution is 9.10. The van der Waals surface area contributed by atoms with Gasteiger partial charge in [0.25, 0.3) is 0 Å². The SMILES string of the molecule is OCc1cn(Cc2nnc(-c3ccc(Br)cc3)o2)nn1. The number of hydrogen-bond acceptors (Lipinski definition) is 6. The number of hydrogen-bond donors (Lipinski definition) is 1. The van der Waals surface area contributed by atoms with Crippen LogP contribution < -0.4 is 0 Å². The molecule has 0 saturated carbocycles. The lowest BCUT2D eigenvalue weighted by Crippen LogP contribution is -2.00. The minimum Gasteiger partial charge on any atom is -0.419 e. The molecule has 0 saturated heterocycles. The van der Waals surface area contributed by atoms with E-state index in [-0.39, 0.29) is 6.61 Å². The molecule has 7 nitrogen and oxygen atoms in total. The van der Waals surface area contributed by atoms with Crippen molar-refractivity contribution in [1.29, 1.82) is 0 Å². The van der Waals surface area contributed by atoms with Crippen LogP contribution in [0.3, 0.4) is 0 Å². The van der Waals surface area contributed by atoms with E-state index in [1.54, 1.807) is 6.20 Å². The largest absolute Gasteiger partial charge is 0.419 e. The van der Waals surface area contributed by atoms with Crippen molar-refractivity contribution in [2.45, 2.75) is 13.2 Å². The van der Waals surface area contributed by atoms with E-state index >= 15 is 0 Å². The normalized spacial score (nSPS) is 10.9. The van der Waals surface area contributed by atoms with Crippen LogP contribution in [0.4, 0.5) is 0 Å². The molecule has 3 rings (SSSR count). The topological polar surface area (TPSA) is 89.9 Å². The average Bonchev–Trinajstić information content (AvgIpc) is 3.09. The molecule has 1 aromatic carbocycles. The summed E-state index contributed by atoms with van der Waals surface area (Å²) in [5.74, 6) is 0.882. The summed E-state index contributed by atoms with van der Waals surface area (Å²) in [6, 6.07) is 7.59. The van der Waals surface area contributed by atoms with Crippen LogP contribution in [-0.2, 0) is 13.2 Å². The van der Waals surface area contributed by atoms with Gasteiger partial charge in [0.15, 0.2) is 0 Å². The average molecular weight is 336 g/mol. The molecule has 0 bridgehead atoms. The zero-order chi connectivity index (χ0) is 13.9. The third kappa shape index (κ3) is 2.75. The first-order valence-electron chi connectivity index (χ1n) is 5.83. The smallest absolute Gasteiger partial charge is 0.247 e. The second-order valence-electron chi connectivity index (χ2n) is 4.07. The lowest BCUT2D eigenvalue weighted by molar-refractivity contribution is 0.276. The predicted octanol–water partition coefficient (Wildman–Crippen LogP) is 1.63. The van der Waals surface area contributed by atoms with Gasteiger partial charge in [-0.15, -0.1) is 15.3 Å². The van der Waals surface area contributed by atoms with E-state index in [0.29, 0.717) is 24.0 Å². The Bertz CT molecular complexity index is 707. The van der Waals surface area contributed by atoms with E-state index < -0.39 is 0 Å². The molecular weight excluding hydrogens is 326 g/mol. The van der Waals surface area contributed by atoms with E-state index in [2.05, 4.69) is 36.4 Å². The van der Waals surface area contributed by atoms with E-state index in [0.717, 1.165) is 10.0 Å². The molecule has 8 heteroatoms. The minimum atomic E-state index is -0.145. The van der Waals surface area contributed by atoms with Gasteiger partial charge >= 0.3 is 0 Å². The lowest BCUT2D eigenvalue weighted by Gasteiger charge is -1.95. The molecule has 0 aliphatic rings. The van der Waals surface area contributed by atoms with Crippen LogP contribution in [-0.4, -0.2) is 30.3 Å². The van der Waals surface area contributed by atoms with Crippen LogP contribution in [0.25, 0.3) is 11.5 Å². The zero-order valence-electron chi connectivity index (χ0n) is 10.3. The molecule has 0 atom stereocenters. The predicted molar refractivity (Wildman–Crippen MR) is 72.5 cm³/mol. The third-order valence-corrected chi connectivity index (χ3v) is 3.13. The van der Waals surface area contributed by atoms with Gasteiger partial charge in [0.05, 0.1) is 12.8 Å². The molecule has 2 aromatic heterocycles. The molecule has 0 fully saturated rings. The summed E-state index contributed by atoms with van der Waals surface area (Å²) in [6.45, 7) is 0.171. The van der Waals surface area contributed by atoms with Crippen LogP contribution in [0.5, 0.6) is 0 Å². The molecule has 0 unspecified atom stereocenters. The molecule has 102 valence electrons. The summed E-state index contributed by atoms with van der Waals surface area (Å²) in [5.41, 5.74) is 1.35. The number of benzene rings is 1. The molecule has 0 spiro atoms. The Morgan fingerprint density at radius 2 is 1.95 bits per heavy atom. The van der Waals surface area contributed by atoms with Gasteiger partial charge in [0, 0.05) is 10.0 Å². The summed E-state index contributed by atoms with van der Waals surface area (Å²) in [5, 5.41) is 24.5. The van der Waals surface area contributed by atoms with E-state index in [9.17, 15) is 0 Å². The Morgan fingerprint density at radius 1 is 1.15 bits per heavy atom. The van der Waals surface area contributed by atoms with Gasteiger partial charge in [-0.1, -0.05) is 21.1 Å². The van der Waals surface area contributed by atoms with Gasteiger partial charge < -0.3 is 9.52 Å². The maximum atomic E-state index is 8.92. The summed E-state index contributed by atoms with van der Waals surface area (Å²) >= 11 is 3.37. The van der Waals surface area contributed by atoms with Gasteiger partial charge in [-0.2, -0.15) is 0 Å². The summed E-state index contributed by atoms with van der Waals surface area (Å²) in [7, 11) is 0. The number of nitrogens with zero attached hydrogens (tertiary/aromatic N) is 5. The molecule has 0 aliphatic heterocycles. The molecule has 20 heavy (non-hydrogen) atoms. The first kappa shape index (κ1) is 12.9. The minimum absolute atomic E-state index is 0.145. The fourth-order valence-electron chi connectivity index (χ4n) is 1.65. The Hall–Kier alpha value is -2.06. The van der Waals surface area contributed by atoms with Gasteiger partial charge in [-0.25, -0.2) is 4.68 Å². The molecule has 2 heterocycles. The van der Waals surface area contributed by atoms with Crippen molar-refractivity contribution < 1.29 is 9.52 Å². The second kappa shape index (κ2) is 5.51. The lowest BCUT2D eigenvalue weighted by atomic mass is 10.2. The highest BCUT2D eigenvalue weighted by Gasteiger charge is 2.10. The molecule has 3 aromatic rings. The van der Waals surface area contributed by atoms with Crippen LogP contribution >= 0.6 is 15.9 Å². The maximum Gasteiger partial charge on any atom is 0.247 e. The van der Waals surface area contributed by atoms with Crippen LogP contribution in [0.1, 0.15) is 11.6 Å². The van der Waals surface area contributed by atoms with E-state index in [1.807, 2.05) is 24.3 Å². The highest BCUT2D eigenvalue weighted by Crippen LogP contribution is 2.20. The third-order valence-electron chi connectivity index (χ3n) is 2.60. The van der Waals surface area contributed by atoms with Gasteiger partial charge in [0.2, 0.25) is 11.8 Å².